The lowest BCUT2D eigenvalue weighted by atomic mass is 10.0. The number of rotatable bonds is 13. The number of fused-ring (bicyclic) bond motifs is 1. The third kappa shape index (κ3) is 11.8. The van der Waals surface area contributed by atoms with E-state index in [9.17, 15) is 24.0 Å². The molecule has 1 aliphatic rings. The van der Waals surface area contributed by atoms with Gasteiger partial charge in [-0.3, -0.25) is 14.4 Å². The van der Waals surface area contributed by atoms with Crippen molar-refractivity contribution in [3.05, 3.63) is 148 Å². The van der Waals surface area contributed by atoms with Crippen LogP contribution in [-0.2, 0) is 38.6 Å². The smallest absolute Gasteiger partial charge is 0.410 e. The minimum atomic E-state index is -0.654. The second kappa shape index (κ2) is 19.4. The average Bonchev–Trinajstić information content (AvgIpc) is 3.59. The Hall–Kier alpha value is -6.38. The van der Waals surface area contributed by atoms with E-state index in [1.165, 1.54) is 30.2 Å². The van der Waals surface area contributed by atoms with Crippen molar-refractivity contribution < 1.29 is 38.2 Å². The van der Waals surface area contributed by atoms with E-state index in [4.69, 9.17) is 14.2 Å². The molecule has 1 aliphatic heterocycles. The minimum Gasteiger partial charge on any atom is -0.489 e. The molecule has 14 heteroatoms. The Balaban J connectivity index is 1.11. The summed E-state index contributed by atoms with van der Waals surface area (Å²) in [4.78, 5) is 68.9. The lowest BCUT2D eigenvalue weighted by Gasteiger charge is -2.30. The van der Waals surface area contributed by atoms with Crippen LogP contribution in [0.4, 0.5) is 15.5 Å². The van der Waals surface area contributed by atoms with E-state index < -0.39 is 29.5 Å². The number of nitrogens with zero attached hydrogens (tertiary/aromatic N) is 1. The van der Waals surface area contributed by atoms with Crippen LogP contribution in [0.2, 0.25) is 0 Å². The van der Waals surface area contributed by atoms with E-state index in [-0.39, 0.29) is 29.5 Å². The number of hydrogen-bond donors (Lipinski definition) is 3. The summed E-state index contributed by atoms with van der Waals surface area (Å²) in [6.45, 7) is 6.40. The minimum absolute atomic E-state index is 0.00600. The second-order valence-corrected chi connectivity index (χ2v) is 16.5. The fourth-order valence-corrected chi connectivity index (χ4v) is 8.00. The molecule has 0 aliphatic carbocycles. The van der Waals surface area contributed by atoms with Crippen molar-refractivity contribution in [2.45, 2.75) is 50.8 Å². The Morgan fingerprint density at radius 1 is 0.864 bits per heavy atom. The van der Waals surface area contributed by atoms with Gasteiger partial charge in [-0.1, -0.05) is 66.7 Å². The summed E-state index contributed by atoms with van der Waals surface area (Å²) in [6.07, 6.45) is 1.54. The van der Waals surface area contributed by atoms with Crippen molar-refractivity contribution in [3.8, 4) is 5.75 Å². The lowest BCUT2D eigenvalue weighted by Crippen LogP contribution is -2.39. The molecule has 2 heterocycles. The van der Waals surface area contributed by atoms with Crippen molar-refractivity contribution in [1.29, 1.82) is 0 Å². The van der Waals surface area contributed by atoms with Crippen LogP contribution in [-0.4, -0.2) is 59.7 Å². The zero-order chi connectivity index (χ0) is 41.9. The van der Waals surface area contributed by atoms with Gasteiger partial charge in [0.2, 0.25) is 5.91 Å². The third-order valence-electron chi connectivity index (χ3n) is 8.78. The van der Waals surface area contributed by atoms with Crippen LogP contribution in [0.1, 0.15) is 63.1 Å². The standard InChI is InChI=1S/C45H44N4O8S2/c1-45(2,3)57-44(54)49-23-22-35-37(26-49)59-42(39(35)43(53)55-4)48-38(50)28-58-34-17-11-16-32(25-34)46-41(52)36(47-40(51)31-14-9-6-10-15-31)24-29-18-20-33(21-19-29)56-27-30-12-7-5-8-13-30/h5-21,24-25H,22-23,26-28H2,1-4H3,(H,46,52)(H,47,51)(H,48,50)/b36-24+. The van der Waals surface area contributed by atoms with Crippen LogP contribution in [0.15, 0.2) is 120 Å². The molecule has 0 unspecified atom stereocenters. The maximum Gasteiger partial charge on any atom is 0.410 e. The third-order valence-corrected chi connectivity index (χ3v) is 10.9. The fraction of sp³-hybridized carbons (Fsp3) is 0.222. The topological polar surface area (TPSA) is 152 Å². The second-order valence-electron chi connectivity index (χ2n) is 14.4. The molecule has 6 rings (SSSR count). The van der Waals surface area contributed by atoms with E-state index in [0.717, 1.165) is 16.0 Å². The van der Waals surface area contributed by atoms with Gasteiger partial charge >= 0.3 is 12.1 Å². The van der Waals surface area contributed by atoms with Crippen molar-refractivity contribution in [2.75, 3.05) is 30.0 Å². The van der Waals surface area contributed by atoms with Crippen molar-refractivity contribution in [3.63, 3.8) is 0 Å². The zero-order valence-corrected chi connectivity index (χ0v) is 34.7. The van der Waals surface area contributed by atoms with Gasteiger partial charge in [-0.05, 0) is 92.4 Å². The van der Waals surface area contributed by atoms with Gasteiger partial charge in [0, 0.05) is 27.6 Å². The number of hydrogen-bond acceptors (Lipinski definition) is 10. The SMILES string of the molecule is COC(=O)c1c(NC(=O)CSc2cccc(NC(=O)/C(=C\c3ccc(OCc4ccccc4)cc3)NC(=O)c3ccccc3)c2)sc2c1CCN(C(=O)OC(C)(C)C)C2. The van der Waals surface area contributed by atoms with Crippen molar-refractivity contribution >= 4 is 69.6 Å². The lowest BCUT2D eigenvalue weighted by molar-refractivity contribution is -0.114. The first kappa shape index (κ1) is 42.2. The molecule has 3 N–H and O–H groups in total. The van der Waals surface area contributed by atoms with Crippen molar-refractivity contribution in [2.24, 2.45) is 0 Å². The number of amides is 4. The number of thiophene rings is 1. The Labute approximate surface area is 350 Å². The summed E-state index contributed by atoms with van der Waals surface area (Å²) in [5, 5.41) is 8.84. The zero-order valence-electron chi connectivity index (χ0n) is 33.0. The van der Waals surface area contributed by atoms with E-state index in [1.807, 2.05) is 30.3 Å². The van der Waals surface area contributed by atoms with Gasteiger partial charge in [0.25, 0.3) is 11.8 Å². The number of carbonyl (C=O) groups is 5. The van der Waals surface area contributed by atoms with E-state index >= 15 is 0 Å². The highest BCUT2D eigenvalue weighted by atomic mass is 32.2. The van der Waals surface area contributed by atoms with E-state index in [2.05, 4.69) is 16.0 Å². The molecule has 4 amide bonds. The highest BCUT2D eigenvalue weighted by Gasteiger charge is 2.32. The molecule has 0 saturated carbocycles. The summed E-state index contributed by atoms with van der Waals surface area (Å²) in [5.41, 5.74) is 2.92. The number of esters is 1. The van der Waals surface area contributed by atoms with Crippen molar-refractivity contribution in [1.82, 2.24) is 10.2 Å². The Kier molecular flexibility index (Phi) is 13.9. The van der Waals surface area contributed by atoms with Gasteiger partial charge in [-0.25, -0.2) is 9.59 Å². The molecule has 0 fully saturated rings. The molecular weight excluding hydrogens is 789 g/mol. The number of benzene rings is 4. The maximum atomic E-state index is 13.7. The number of anilines is 2. The molecule has 304 valence electrons. The number of nitrogens with one attached hydrogen (secondary N) is 3. The Morgan fingerprint density at radius 2 is 1.58 bits per heavy atom. The van der Waals surface area contributed by atoms with Crippen LogP contribution < -0.4 is 20.7 Å². The van der Waals surface area contributed by atoms with Crippen LogP contribution in [0.5, 0.6) is 5.75 Å². The van der Waals surface area contributed by atoms with Crippen LogP contribution >= 0.6 is 23.1 Å². The van der Waals surface area contributed by atoms with Crippen LogP contribution in [0.3, 0.4) is 0 Å². The first-order chi connectivity index (χ1) is 28.3. The molecule has 59 heavy (non-hydrogen) atoms. The van der Waals surface area contributed by atoms with Crippen LogP contribution in [0.25, 0.3) is 6.08 Å². The van der Waals surface area contributed by atoms with E-state index in [1.54, 1.807) is 111 Å². The normalized spacial score (nSPS) is 12.5. The fourth-order valence-electron chi connectivity index (χ4n) is 5.98. The van der Waals surface area contributed by atoms with Gasteiger partial charge in [-0.2, -0.15) is 0 Å². The predicted molar refractivity (Wildman–Crippen MR) is 230 cm³/mol. The number of methoxy groups -OCH3 is 1. The van der Waals surface area contributed by atoms with E-state index in [0.29, 0.717) is 52.0 Å². The molecule has 4 aromatic carbocycles. The summed E-state index contributed by atoms with van der Waals surface area (Å²) < 4.78 is 16.5. The highest BCUT2D eigenvalue weighted by Crippen LogP contribution is 2.38. The molecular formula is C45H44N4O8S2. The molecule has 5 aromatic rings. The number of thioether (sulfide) groups is 1. The van der Waals surface area contributed by atoms with Gasteiger partial charge < -0.3 is 35.1 Å². The molecule has 0 atom stereocenters. The number of ether oxygens (including phenoxy) is 3. The Bertz CT molecular complexity index is 2340. The largest absolute Gasteiger partial charge is 0.489 e. The molecule has 0 bridgehead atoms. The average molecular weight is 833 g/mol. The summed E-state index contributed by atoms with van der Waals surface area (Å²) >= 11 is 2.47. The van der Waals surface area contributed by atoms with Crippen LogP contribution in [0, 0.1) is 0 Å². The quantitative estimate of drug-likeness (QED) is 0.0602. The Morgan fingerprint density at radius 3 is 2.27 bits per heavy atom. The summed E-state index contributed by atoms with van der Waals surface area (Å²) in [5.74, 6) is -1.29. The van der Waals surface area contributed by atoms with Gasteiger partial charge in [0.05, 0.1) is 25.0 Å². The van der Waals surface area contributed by atoms with Gasteiger partial charge in [0.15, 0.2) is 0 Å². The van der Waals surface area contributed by atoms with Gasteiger partial charge in [-0.15, -0.1) is 23.1 Å². The highest BCUT2D eigenvalue weighted by molar-refractivity contribution is 8.00. The number of carbonyl (C=O) groups excluding carboxylic acids is 5. The summed E-state index contributed by atoms with van der Waals surface area (Å²) in [7, 11) is 1.28. The molecule has 1 aromatic heterocycles. The predicted octanol–water partition coefficient (Wildman–Crippen LogP) is 8.55. The molecule has 0 radical (unpaired) electrons. The molecule has 0 saturated heterocycles. The van der Waals surface area contributed by atoms with Gasteiger partial charge in [0.1, 0.15) is 28.7 Å². The molecule has 0 spiro atoms. The first-order valence-electron chi connectivity index (χ1n) is 18.7. The maximum absolute atomic E-state index is 13.7. The first-order valence-corrected chi connectivity index (χ1v) is 20.5. The summed E-state index contributed by atoms with van der Waals surface area (Å²) in [6, 6.07) is 32.5. The molecule has 12 nitrogen and oxygen atoms in total. The monoisotopic (exact) mass is 832 g/mol.